The van der Waals surface area contributed by atoms with Crippen molar-refractivity contribution in [2.45, 2.75) is 19.9 Å². The van der Waals surface area contributed by atoms with Gasteiger partial charge in [-0.15, -0.1) is 5.10 Å². The molecule has 0 fully saturated rings. The van der Waals surface area contributed by atoms with Crippen LogP contribution in [0.2, 0.25) is 0 Å². The van der Waals surface area contributed by atoms with Gasteiger partial charge in [-0.1, -0.05) is 5.21 Å². The highest BCUT2D eigenvalue weighted by Crippen LogP contribution is 2.22. The molecule has 0 bridgehead atoms. The van der Waals surface area contributed by atoms with E-state index in [9.17, 15) is 0 Å². The quantitative estimate of drug-likeness (QED) is 0.562. The number of nitrogens with one attached hydrogen (secondary N) is 1. The number of nitrogens with two attached hydrogens (primary N) is 1. The number of aryl methyl sites for hydroxylation is 3. The van der Waals surface area contributed by atoms with Crippen molar-refractivity contribution in [2.24, 2.45) is 12.9 Å². The molecule has 1 atom stereocenters. The topological polar surface area (TPSA) is 94.5 Å². The SMILES string of the molecule is Cc1cc(C(NN)c2cnnn2C)c(C)nn1. The lowest BCUT2D eigenvalue weighted by atomic mass is 10.0. The van der Waals surface area contributed by atoms with Gasteiger partial charge in [0.25, 0.3) is 0 Å². The Morgan fingerprint density at radius 1 is 1.35 bits per heavy atom. The third-order valence-electron chi connectivity index (χ3n) is 2.66. The lowest BCUT2D eigenvalue weighted by Gasteiger charge is -2.17. The number of hydrogen-bond acceptors (Lipinski definition) is 6. The Morgan fingerprint density at radius 3 is 2.71 bits per heavy atom. The lowest BCUT2D eigenvalue weighted by molar-refractivity contribution is 0.564. The highest BCUT2D eigenvalue weighted by Gasteiger charge is 2.19. The average molecular weight is 233 g/mol. The van der Waals surface area contributed by atoms with Crippen LogP contribution in [0, 0.1) is 13.8 Å². The van der Waals surface area contributed by atoms with Gasteiger partial charge in [0.2, 0.25) is 0 Å². The van der Waals surface area contributed by atoms with E-state index in [1.165, 1.54) is 0 Å². The molecule has 0 aromatic carbocycles. The summed E-state index contributed by atoms with van der Waals surface area (Å²) in [7, 11) is 1.82. The van der Waals surface area contributed by atoms with E-state index in [-0.39, 0.29) is 6.04 Å². The second-order valence-electron chi connectivity index (χ2n) is 3.91. The summed E-state index contributed by atoms with van der Waals surface area (Å²) < 4.78 is 1.68. The van der Waals surface area contributed by atoms with Gasteiger partial charge in [-0.2, -0.15) is 10.2 Å². The molecule has 0 aliphatic heterocycles. The van der Waals surface area contributed by atoms with Crippen molar-refractivity contribution in [3.63, 3.8) is 0 Å². The van der Waals surface area contributed by atoms with Crippen molar-refractivity contribution >= 4 is 0 Å². The van der Waals surface area contributed by atoms with Gasteiger partial charge in [-0.25, -0.2) is 5.43 Å². The molecule has 3 N–H and O–H groups in total. The Bertz CT molecular complexity index is 519. The molecule has 17 heavy (non-hydrogen) atoms. The minimum absolute atomic E-state index is 0.191. The lowest BCUT2D eigenvalue weighted by Crippen LogP contribution is -2.31. The summed E-state index contributed by atoms with van der Waals surface area (Å²) in [5.74, 6) is 5.62. The number of hydrazine groups is 1. The summed E-state index contributed by atoms with van der Waals surface area (Å²) in [5.41, 5.74) is 6.30. The van der Waals surface area contributed by atoms with Gasteiger partial charge in [-0.3, -0.25) is 10.5 Å². The van der Waals surface area contributed by atoms with Crippen molar-refractivity contribution in [1.29, 1.82) is 0 Å². The van der Waals surface area contributed by atoms with E-state index < -0.39 is 0 Å². The third-order valence-corrected chi connectivity index (χ3v) is 2.66. The van der Waals surface area contributed by atoms with E-state index in [4.69, 9.17) is 5.84 Å². The summed E-state index contributed by atoms with van der Waals surface area (Å²) in [6.07, 6.45) is 1.68. The van der Waals surface area contributed by atoms with Crippen LogP contribution < -0.4 is 11.3 Å². The van der Waals surface area contributed by atoms with E-state index in [0.717, 1.165) is 22.6 Å². The number of nitrogens with zero attached hydrogens (tertiary/aromatic N) is 5. The summed E-state index contributed by atoms with van der Waals surface area (Å²) >= 11 is 0. The molecule has 0 aliphatic carbocycles. The van der Waals surface area contributed by atoms with Gasteiger partial charge < -0.3 is 0 Å². The molecule has 0 radical (unpaired) electrons. The van der Waals surface area contributed by atoms with E-state index in [1.807, 2.05) is 27.0 Å². The monoisotopic (exact) mass is 233 g/mol. The van der Waals surface area contributed by atoms with Crippen LogP contribution in [0.3, 0.4) is 0 Å². The predicted octanol–water partition coefficient (Wildman–Crippen LogP) is -0.225. The van der Waals surface area contributed by atoms with Crippen molar-refractivity contribution in [1.82, 2.24) is 30.6 Å². The average Bonchev–Trinajstić information content (AvgIpc) is 2.71. The van der Waals surface area contributed by atoms with Crippen LogP contribution in [-0.2, 0) is 7.05 Å². The minimum atomic E-state index is -0.191. The first-order chi connectivity index (χ1) is 8.13. The van der Waals surface area contributed by atoms with E-state index in [0.29, 0.717) is 0 Å². The Kier molecular flexibility index (Phi) is 3.12. The zero-order valence-electron chi connectivity index (χ0n) is 10.0. The molecule has 0 amide bonds. The van der Waals surface area contributed by atoms with Crippen molar-refractivity contribution in [2.75, 3.05) is 0 Å². The molecular formula is C10H15N7. The third kappa shape index (κ3) is 2.15. The zero-order valence-corrected chi connectivity index (χ0v) is 10.0. The molecule has 90 valence electrons. The Labute approximate surface area is 99.0 Å². The van der Waals surface area contributed by atoms with Gasteiger partial charge >= 0.3 is 0 Å². The van der Waals surface area contributed by atoms with Gasteiger partial charge in [0.15, 0.2) is 0 Å². The largest absolute Gasteiger partial charge is 0.271 e. The van der Waals surface area contributed by atoms with E-state index in [2.05, 4.69) is 25.9 Å². The van der Waals surface area contributed by atoms with Crippen molar-refractivity contribution < 1.29 is 0 Å². The maximum Gasteiger partial charge on any atom is 0.0913 e. The first-order valence-electron chi connectivity index (χ1n) is 5.25. The molecule has 2 heterocycles. The molecule has 2 aromatic heterocycles. The zero-order chi connectivity index (χ0) is 12.4. The van der Waals surface area contributed by atoms with E-state index >= 15 is 0 Å². The second kappa shape index (κ2) is 4.56. The number of hydrogen-bond donors (Lipinski definition) is 2. The molecule has 0 spiro atoms. The van der Waals surface area contributed by atoms with Crippen molar-refractivity contribution in [3.8, 4) is 0 Å². The molecule has 7 nitrogen and oxygen atoms in total. The number of aromatic nitrogens is 5. The molecule has 7 heteroatoms. The summed E-state index contributed by atoms with van der Waals surface area (Å²) in [6.45, 7) is 3.79. The highest BCUT2D eigenvalue weighted by molar-refractivity contribution is 5.29. The molecule has 0 saturated heterocycles. The van der Waals surface area contributed by atoms with E-state index in [1.54, 1.807) is 10.9 Å². The normalized spacial score (nSPS) is 12.7. The maximum absolute atomic E-state index is 5.62. The summed E-state index contributed by atoms with van der Waals surface area (Å²) in [4.78, 5) is 0. The van der Waals surface area contributed by atoms with Crippen LogP contribution in [-0.4, -0.2) is 25.2 Å². The predicted molar refractivity (Wildman–Crippen MR) is 61.7 cm³/mol. The van der Waals surface area contributed by atoms with Crippen LogP contribution >= 0.6 is 0 Å². The fourth-order valence-electron chi connectivity index (χ4n) is 1.76. The highest BCUT2D eigenvalue weighted by atomic mass is 15.4. The van der Waals surface area contributed by atoms with Crippen molar-refractivity contribution in [3.05, 3.63) is 34.9 Å². The molecule has 1 unspecified atom stereocenters. The second-order valence-corrected chi connectivity index (χ2v) is 3.91. The van der Waals surface area contributed by atoms with Gasteiger partial charge in [0.1, 0.15) is 0 Å². The molecule has 2 rings (SSSR count). The number of rotatable bonds is 3. The smallest absolute Gasteiger partial charge is 0.0913 e. The molecule has 2 aromatic rings. The maximum atomic E-state index is 5.62. The van der Waals surface area contributed by atoms with Crippen LogP contribution in [0.1, 0.15) is 28.7 Å². The Morgan fingerprint density at radius 2 is 2.12 bits per heavy atom. The molecule has 0 saturated carbocycles. The van der Waals surface area contributed by atoms with Crippen LogP contribution in [0.25, 0.3) is 0 Å². The summed E-state index contributed by atoms with van der Waals surface area (Å²) in [5, 5.41) is 15.8. The fraction of sp³-hybridized carbons (Fsp3) is 0.400. The van der Waals surface area contributed by atoms with Crippen LogP contribution in [0.15, 0.2) is 12.3 Å². The van der Waals surface area contributed by atoms with Crippen LogP contribution in [0.5, 0.6) is 0 Å². The standard InChI is InChI=1S/C10H15N7/c1-6-4-8(7(2)15-14-6)10(13-11)9-5-12-16-17(9)3/h4-5,10,13H,11H2,1-3H3. The van der Waals surface area contributed by atoms with Crippen LogP contribution in [0.4, 0.5) is 0 Å². The fourth-order valence-corrected chi connectivity index (χ4v) is 1.76. The van der Waals surface area contributed by atoms with Gasteiger partial charge in [-0.05, 0) is 19.9 Å². The first kappa shape index (κ1) is 11.6. The molecular weight excluding hydrogens is 218 g/mol. The minimum Gasteiger partial charge on any atom is -0.271 e. The molecule has 0 aliphatic rings. The summed E-state index contributed by atoms with van der Waals surface area (Å²) in [6, 6.07) is 1.77. The Balaban J connectivity index is 2.49. The first-order valence-corrected chi connectivity index (χ1v) is 5.25. The van der Waals surface area contributed by atoms with Gasteiger partial charge in [0.05, 0.1) is 29.3 Å². The van der Waals surface area contributed by atoms with Gasteiger partial charge in [0, 0.05) is 12.6 Å². The Hall–Kier alpha value is -1.86.